The standard InChI is InChI=1S/C23H32N4O4SSi/c1-23(29)10-5-6-19(23)27-20-17(14-16(21(27)28)9-13-33(2,3)4)15-24-22(26-20)25-18-7-11-32(30,31)12-8-18/h14-15,18-19,29H,5-8,10-12H2,1-4H3,(H,24,25,26)/t19-,23-/m1/s1. The molecule has 0 bridgehead atoms. The maximum absolute atomic E-state index is 13.6. The Labute approximate surface area is 195 Å². The van der Waals surface area contributed by atoms with Crippen molar-refractivity contribution in [1.82, 2.24) is 14.5 Å². The van der Waals surface area contributed by atoms with Gasteiger partial charge in [-0.15, -0.1) is 5.54 Å². The number of nitrogens with one attached hydrogen (secondary N) is 1. The number of sulfone groups is 1. The zero-order valence-corrected chi connectivity index (χ0v) is 21.5. The summed E-state index contributed by atoms with van der Waals surface area (Å²) >= 11 is 0. The lowest BCUT2D eigenvalue weighted by atomic mass is 9.99. The fraction of sp³-hybridized carbons (Fsp3) is 0.609. The van der Waals surface area contributed by atoms with Gasteiger partial charge in [0.1, 0.15) is 23.6 Å². The number of nitrogens with zero attached hydrogens (tertiary/aromatic N) is 3. The van der Waals surface area contributed by atoms with E-state index in [4.69, 9.17) is 0 Å². The summed E-state index contributed by atoms with van der Waals surface area (Å²) in [4.78, 5) is 22.7. The number of hydrogen-bond donors (Lipinski definition) is 2. The molecule has 1 aliphatic heterocycles. The molecule has 1 saturated carbocycles. The summed E-state index contributed by atoms with van der Waals surface area (Å²) in [5, 5.41) is 14.9. The predicted octanol–water partition coefficient (Wildman–Crippen LogP) is 2.49. The molecule has 1 aliphatic carbocycles. The third-order valence-corrected chi connectivity index (χ3v) is 9.01. The summed E-state index contributed by atoms with van der Waals surface area (Å²) < 4.78 is 25.1. The molecule has 0 amide bonds. The van der Waals surface area contributed by atoms with Crippen LogP contribution in [0.4, 0.5) is 5.95 Å². The Hall–Kier alpha value is -2.22. The van der Waals surface area contributed by atoms with E-state index in [-0.39, 0.29) is 23.1 Å². The van der Waals surface area contributed by atoms with E-state index in [1.165, 1.54) is 0 Å². The quantitative estimate of drug-likeness (QED) is 0.504. The number of fused-ring (bicyclic) bond motifs is 1. The molecule has 2 atom stereocenters. The molecule has 2 aromatic rings. The molecule has 0 unspecified atom stereocenters. The first-order valence-corrected chi connectivity index (χ1v) is 16.8. The van der Waals surface area contributed by atoms with E-state index in [0.29, 0.717) is 48.2 Å². The average Bonchev–Trinajstić information content (AvgIpc) is 3.06. The van der Waals surface area contributed by atoms with E-state index >= 15 is 0 Å². The van der Waals surface area contributed by atoms with Crippen LogP contribution in [-0.2, 0) is 9.84 Å². The lowest BCUT2D eigenvalue weighted by Crippen LogP contribution is -2.38. The van der Waals surface area contributed by atoms with Crippen LogP contribution in [0.2, 0.25) is 19.6 Å². The van der Waals surface area contributed by atoms with Crippen LogP contribution >= 0.6 is 0 Å². The Kier molecular flexibility index (Phi) is 6.18. The highest BCUT2D eigenvalue weighted by Crippen LogP contribution is 2.39. The first-order valence-electron chi connectivity index (χ1n) is 11.5. The van der Waals surface area contributed by atoms with Crippen molar-refractivity contribution in [2.24, 2.45) is 0 Å². The van der Waals surface area contributed by atoms with Crippen LogP contribution in [0.25, 0.3) is 11.0 Å². The molecule has 33 heavy (non-hydrogen) atoms. The zero-order chi connectivity index (χ0) is 24.0. The third-order valence-electron chi connectivity index (χ3n) is 6.42. The van der Waals surface area contributed by atoms with Crippen LogP contribution < -0.4 is 10.9 Å². The normalized spacial score (nSPS) is 25.5. The van der Waals surface area contributed by atoms with E-state index in [1.807, 2.05) is 0 Å². The fourth-order valence-electron chi connectivity index (χ4n) is 4.58. The third kappa shape index (κ3) is 5.31. The van der Waals surface area contributed by atoms with Crippen LogP contribution in [-0.4, -0.2) is 59.3 Å². The Morgan fingerprint density at radius 2 is 1.94 bits per heavy atom. The van der Waals surface area contributed by atoms with E-state index < -0.39 is 29.6 Å². The monoisotopic (exact) mass is 488 g/mol. The molecule has 0 radical (unpaired) electrons. The molecule has 8 nitrogen and oxygen atoms in total. The van der Waals surface area contributed by atoms with Crippen LogP contribution in [0.1, 0.15) is 50.6 Å². The summed E-state index contributed by atoms with van der Waals surface area (Å²) in [6, 6.07) is 1.30. The van der Waals surface area contributed by atoms with Crippen LogP contribution in [0.3, 0.4) is 0 Å². The molecular weight excluding hydrogens is 456 g/mol. The summed E-state index contributed by atoms with van der Waals surface area (Å²) in [5.74, 6) is 3.74. The summed E-state index contributed by atoms with van der Waals surface area (Å²) in [6.45, 7) is 8.14. The first kappa shape index (κ1) is 23.9. The van der Waals surface area contributed by atoms with Crippen molar-refractivity contribution in [3.05, 3.63) is 28.2 Å². The van der Waals surface area contributed by atoms with Crippen molar-refractivity contribution in [3.8, 4) is 11.5 Å². The van der Waals surface area contributed by atoms with E-state index in [0.717, 1.165) is 6.42 Å². The molecule has 4 rings (SSSR count). The van der Waals surface area contributed by atoms with Gasteiger partial charge in [-0.2, -0.15) is 4.98 Å². The minimum Gasteiger partial charge on any atom is -0.388 e. The van der Waals surface area contributed by atoms with Crippen molar-refractivity contribution in [2.45, 2.75) is 76.4 Å². The topological polar surface area (TPSA) is 114 Å². The van der Waals surface area contributed by atoms with Gasteiger partial charge in [0.05, 0.1) is 28.7 Å². The second kappa shape index (κ2) is 8.53. The predicted molar refractivity (Wildman–Crippen MR) is 133 cm³/mol. The lowest BCUT2D eigenvalue weighted by Gasteiger charge is -2.28. The maximum atomic E-state index is 13.6. The van der Waals surface area contributed by atoms with Gasteiger partial charge in [-0.3, -0.25) is 9.36 Å². The highest BCUT2D eigenvalue weighted by Gasteiger charge is 2.40. The average molecular weight is 489 g/mol. The smallest absolute Gasteiger partial charge is 0.268 e. The molecule has 0 spiro atoms. The van der Waals surface area contributed by atoms with Gasteiger partial charge in [-0.05, 0) is 45.1 Å². The molecule has 3 heterocycles. The molecule has 2 fully saturated rings. The number of aliphatic hydroxyl groups is 1. The Bertz CT molecular complexity index is 1290. The summed E-state index contributed by atoms with van der Waals surface area (Å²) in [7, 11) is -4.66. The van der Waals surface area contributed by atoms with Crippen molar-refractivity contribution in [1.29, 1.82) is 0 Å². The van der Waals surface area contributed by atoms with E-state index in [2.05, 4.69) is 46.4 Å². The van der Waals surface area contributed by atoms with Crippen LogP contribution in [0.5, 0.6) is 0 Å². The van der Waals surface area contributed by atoms with Gasteiger partial charge in [0.15, 0.2) is 0 Å². The van der Waals surface area contributed by atoms with Gasteiger partial charge in [0, 0.05) is 17.6 Å². The second-order valence-electron chi connectivity index (χ2n) is 10.5. The Balaban J connectivity index is 1.80. The van der Waals surface area contributed by atoms with Gasteiger partial charge in [-0.25, -0.2) is 13.4 Å². The largest absolute Gasteiger partial charge is 0.388 e. The highest BCUT2D eigenvalue weighted by atomic mass is 32.2. The molecule has 2 N–H and O–H groups in total. The highest BCUT2D eigenvalue weighted by molar-refractivity contribution is 7.91. The van der Waals surface area contributed by atoms with Crippen LogP contribution in [0, 0.1) is 11.5 Å². The zero-order valence-electron chi connectivity index (χ0n) is 19.7. The molecule has 0 aromatic carbocycles. The van der Waals surface area contributed by atoms with Crippen LogP contribution in [0.15, 0.2) is 17.1 Å². The molecule has 10 heteroatoms. The minimum absolute atomic E-state index is 0.0392. The van der Waals surface area contributed by atoms with E-state index in [9.17, 15) is 18.3 Å². The van der Waals surface area contributed by atoms with Gasteiger partial charge < -0.3 is 10.4 Å². The number of anilines is 1. The molecule has 1 saturated heterocycles. The summed E-state index contributed by atoms with van der Waals surface area (Å²) in [6.07, 6.45) is 4.79. The molecule has 2 aliphatic rings. The van der Waals surface area contributed by atoms with Crippen molar-refractivity contribution >= 4 is 34.9 Å². The van der Waals surface area contributed by atoms with Crippen molar-refractivity contribution < 1.29 is 13.5 Å². The van der Waals surface area contributed by atoms with Crippen molar-refractivity contribution in [3.63, 3.8) is 0 Å². The minimum atomic E-state index is -2.96. The van der Waals surface area contributed by atoms with Gasteiger partial charge in [0.2, 0.25) is 5.95 Å². The number of rotatable bonds is 3. The second-order valence-corrected chi connectivity index (χ2v) is 17.6. The van der Waals surface area contributed by atoms with Gasteiger partial charge >= 0.3 is 0 Å². The Morgan fingerprint density at radius 1 is 1.24 bits per heavy atom. The SMILES string of the molecule is C[C@@]1(O)CCC[C@H]1n1c(=O)c(C#C[Si](C)(C)C)cc2cnc(NC3CCS(=O)(=O)CC3)nc21. The molecular formula is C23H32N4O4SSi. The van der Waals surface area contributed by atoms with Gasteiger partial charge in [0.25, 0.3) is 5.56 Å². The molecule has 2 aromatic heterocycles. The number of hydrogen-bond acceptors (Lipinski definition) is 7. The van der Waals surface area contributed by atoms with E-state index in [1.54, 1.807) is 23.8 Å². The first-order chi connectivity index (χ1) is 15.3. The fourth-order valence-corrected chi connectivity index (χ4v) is 6.58. The summed E-state index contributed by atoms with van der Waals surface area (Å²) in [5.41, 5.74) is 2.87. The number of aromatic nitrogens is 3. The van der Waals surface area contributed by atoms with Gasteiger partial charge in [-0.1, -0.05) is 25.6 Å². The molecule has 178 valence electrons. The number of pyridine rings is 1. The van der Waals surface area contributed by atoms with Crippen molar-refractivity contribution in [2.75, 3.05) is 16.8 Å². The lowest BCUT2D eigenvalue weighted by molar-refractivity contribution is 0.0266. The Morgan fingerprint density at radius 3 is 2.55 bits per heavy atom. The maximum Gasteiger partial charge on any atom is 0.268 e.